The number of Topliss-reactive ketones (excluding diaryl/α,β-unsaturated/α-hetero) is 1. The van der Waals surface area contributed by atoms with Gasteiger partial charge in [-0.1, -0.05) is 27.2 Å². The van der Waals surface area contributed by atoms with Gasteiger partial charge in [-0.3, -0.25) is 4.79 Å². The SMILES string of the molecule is CCC1C2C(C)C(C)C12C(C)=O. The maximum atomic E-state index is 11.5. The quantitative estimate of drug-likeness (QED) is 0.616. The van der Waals surface area contributed by atoms with E-state index in [9.17, 15) is 4.79 Å². The van der Waals surface area contributed by atoms with Crippen molar-refractivity contribution in [3.63, 3.8) is 0 Å². The number of hydrogen-bond donors (Lipinski definition) is 0. The fourth-order valence-corrected chi connectivity index (χ4v) is 3.99. The normalized spacial score (nSPS) is 55.7. The molecule has 2 rings (SSSR count). The molecule has 0 heterocycles. The summed E-state index contributed by atoms with van der Waals surface area (Å²) < 4.78 is 0. The minimum Gasteiger partial charge on any atom is -0.299 e. The van der Waals surface area contributed by atoms with Gasteiger partial charge in [0.05, 0.1) is 0 Å². The number of carbonyl (C=O) groups excluding carboxylic acids is 1. The molecular formula is C11H18O. The van der Waals surface area contributed by atoms with Gasteiger partial charge in [0.15, 0.2) is 0 Å². The molecule has 1 heteroatoms. The van der Waals surface area contributed by atoms with Gasteiger partial charge in [0, 0.05) is 5.41 Å². The van der Waals surface area contributed by atoms with E-state index < -0.39 is 0 Å². The van der Waals surface area contributed by atoms with Crippen molar-refractivity contribution < 1.29 is 4.79 Å². The average molecular weight is 166 g/mol. The molecule has 5 unspecified atom stereocenters. The van der Waals surface area contributed by atoms with E-state index in [-0.39, 0.29) is 5.41 Å². The molecule has 68 valence electrons. The van der Waals surface area contributed by atoms with Gasteiger partial charge in [0.1, 0.15) is 5.78 Å². The molecule has 2 aliphatic carbocycles. The lowest BCUT2D eigenvalue weighted by atomic mass is 9.64. The zero-order chi connectivity index (χ0) is 9.09. The van der Waals surface area contributed by atoms with Crippen molar-refractivity contribution in [3.8, 4) is 0 Å². The largest absolute Gasteiger partial charge is 0.299 e. The van der Waals surface area contributed by atoms with Crippen LogP contribution in [-0.4, -0.2) is 5.78 Å². The van der Waals surface area contributed by atoms with E-state index in [1.54, 1.807) is 6.92 Å². The molecule has 0 radical (unpaired) electrons. The first-order valence-electron chi connectivity index (χ1n) is 5.09. The minimum atomic E-state index is 0.147. The molecule has 0 spiro atoms. The Morgan fingerprint density at radius 2 is 2.00 bits per heavy atom. The fraction of sp³-hybridized carbons (Fsp3) is 0.909. The molecule has 0 aromatic rings. The molecule has 1 nitrogen and oxygen atoms in total. The van der Waals surface area contributed by atoms with Crippen LogP contribution >= 0.6 is 0 Å². The predicted molar refractivity (Wildman–Crippen MR) is 48.7 cm³/mol. The molecule has 2 fully saturated rings. The zero-order valence-electron chi connectivity index (χ0n) is 8.42. The van der Waals surface area contributed by atoms with E-state index in [0.717, 1.165) is 17.8 Å². The smallest absolute Gasteiger partial charge is 0.136 e. The molecule has 0 bridgehead atoms. The summed E-state index contributed by atoms with van der Waals surface area (Å²) in [4.78, 5) is 11.5. The molecule has 5 atom stereocenters. The van der Waals surface area contributed by atoms with Crippen LogP contribution in [0.15, 0.2) is 0 Å². The van der Waals surface area contributed by atoms with E-state index >= 15 is 0 Å². The summed E-state index contributed by atoms with van der Waals surface area (Å²) in [5.74, 6) is 3.35. The molecule has 0 N–H and O–H groups in total. The van der Waals surface area contributed by atoms with E-state index in [0.29, 0.717) is 11.7 Å². The van der Waals surface area contributed by atoms with Crippen LogP contribution in [0.4, 0.5) is 0 Å². The van der Waals surface area contributed by atoms with Gasteiger partial charge in [-0.05, 0) is 30.6 Å². The van der Waals surface area contributed by atoms with E-state index in [4.69, 9.17) is 0 Å². The second kappa shape index (κ2) is 2.12. The summed E-state index contributed by atoms with van der Waals surface area (Å²) in [5.41, 5.74) is 0.147. The molecule has 0 aliphatic heterocycles. The van der Waals surface area contributed by atoms with Gasteiger partial charge in [-0.15, -0.1) is 0 Å². The molecule has 2 aliphatic rings. The third kappa shape index (κ3) is 0.571. The van der Waals surface area contributed by atoms with Crippen molar-refractivity contribution in [1.82, 2.24) is 0 Å². The van der Waals surface area contributed by atoms with Crippen LogP contribution in [-0.2, 0) is 4.79 Å². The Labute approximate surface area is 74.5 Å². The Morgan fingerprint density at radius 1 is 1.42 bits per heavy atom. The number of fused-ring (bicyclic) bond motifs is 1. The van der Waals surface area contributed by atoms with Gasteiger partial charge in [-0.25, -0.2) is 0 Å². The van der Waals surface area contributed by atoms with Crippen LogP contribution in [0.5, 0.6) is 0 Å². The Balaban J connectivity index is 2.24. The molecular weight excluding hydrogens is 148 g/mol. The molecule has 0 saturated heterocycles. The first kappa shape index (κ1) is 8.28. The van der Waals surface area contributed by atoms with Crippen LogP contribution in [0.1, 0.15) is 34.1 Å². The lowest BCUT2D eigenvalue weighted by molar-refractivity contribution is -0.130. The third-order valence-corrected chi connectivity index (χ3v) is 4.65. The van der Waals surface area contributed by atoms with Crippen molar-refractivity contribution >= 4 is 5.78 Å². The second-order valence-electron chi connectivity index (χ2n) is 4.68. The zero-order valence-corrected chi connectivity index (χ0v) is 8.42. The lowest BCUT2D eigenvalue weighted by Gasteiger charge is -2.38. The van der Waals surface area contributed by atoms with Crippen molar-refractivity contribution in [1.29, 1.82) is 0 Å². The fourth-order valence-electron chi connectivity index (χ4n) is 3.99. The maximum absolute atomic E-state index is 11.5. The summed E-state index contributed by atoms with van der Waals surface area (Å²) in [6.07, 6.45) is 1.19. The van der Waals surface area contributed by atoms with Crippen LogP contribution < -0.4 is 0 Å². The Kier molecular flexibility index (Phi) is 1.47. The Bertz CT molecular complexity index is 227. The highest BCUT2D eigenvalue weighted by molar-refractivity contribution is 5.88. The summed E-state index contributed by atoms with van der Waals surface area (Å²) in [6, 6.07) is 0. The molecule has 2 saturated carbocycles. The van der Waals surface area contributed by atoms with Crippen LogP contribution in [0, 0.1) is 29.1 Å². The average Bonchev–Trinajstić information content (AvgIpc) is 2.68. The van der Waals surface area contributed by atoms with Crippen LogP contribution in [0.25, 0.3) is 0 Å². The molecule has 0 aromatic heterocycles. The Morgan fingerprint density at radius 3 is 2.25 bits per heavy atom. The highest BCUT2D eigenvalue weighted by Gasteiger charge is 2.79. The highest BCUT2D eigenvalue weighted by atomic mass is 16.1. The number of carbonyl (C=O) groups is 1. The van der Waals surface area contributed by atoms with E-state index in [2.05, 4.69) is 20.8 Å². The van der Waals surface area contributed by atoms with Crippen LogP contribution in [0.3, 0.4) is 0 Å². The molecule has 0 aromatic carbocycles. The number of hydrogen-bond acceptors (Lipinski definition) is 1. The molecule has 0 amide bonds. The first-order valence-corrected chi connectivity index (χ1v) is 5.09. The third-order valence-electron chi connectivity index (χ3n) is 4.65. The molecule has 12 heavy (non-hydrogen) atoms. The summed E-state index contributed by atoms with van der Waals surface area (Å²) >= 11 is 0. The monoisotopic (exact) mass is 166 g/mol. The Hall–Kier alpha value is -0.330. The predicted octanol–water partition coefficient (Wildman–Crippen LogP) is 2.50. The van der Waals surface area contributed by atoms with Gasteiger partial charge >= 0.3 is 0 Å². The summed E-state index contributed by atoms with van der Waals surface area (Å²) in [6.45, 7) is 8.54. The topological polar surface area (TPSA) is 17.1 Å². The van der Waals surface area contributed by atoms with Crippen molar-refractivity contribution in [3.05, 3.63) is 0 Å². The minimum absolute atomic E-state index is 0.147. The maximum Gasteiger partial charge on any atom is 0.136 e. The summed E-state index contributed by atoms with van der Waals surface area (Å²) in [7, 11) is 0. The van der Waals surface area contributed by atoms with Gasteiger partial charge in [0.25, 0.3) is 0 Å². The number of rotatable bonds is 2. The van der Waals surface area contributed by atoms with Crippen molar-refractivity contribution in [2.75, 3.05) is 0 Å². The van der Waals surface area contributed by atoms with Crippen molar-refractivity contribution in [2.45, 2.75) is 34.1 Å². The van der Waals surface area contributed by atoms with Gasteiger partial charge in [0.2, 0.25) is 0 Å². The highest BCUT2D eigenvalue weighted by Crippen LogP contribution is 2.79. The second-order valence-corrected chi connectivity index (χ2v) is 4.68. The van der Waals surface area contributed by atoms with Gasteiger partial charge in [-0.2, -0.15) is 0 Å². The van der Waals surface area contributed by atoms with Crippen LogP contribution in [0.2, 0.25) is 0 Å². The number of ketones is 1. The summed E-state index contributed by atoms with van der Waals surface area (Å²) in [5, 5.41) is 0. The van der Waals surface area contributed by atoms with Crippen molar-refractivity contribution in [2.24, 2.45) is 29.1 Å². The van der Waals surface area contributed by atoms with E-state index in [1.165, 1.54) is 6.42 Å². The first-order chi connectivity index (χ1) is 5.58. The standard InChI is InChI=1S/C11H18O/c1-5-9-10-6(2)7(3)11(9,10)8(4)12/h6-7,9-10H,5H2,1-4H3. The van der Waals surface area contributed by atoms with E-state index in [1.807, 2.05) is 0 Å². The lowest BCUT2D eigenvalue weighted by Crippen LogP contribution is -2.39. The van der Waals surface area contributed by atoms with Gasteiger partial charge < -0.3 is 0 Å².